The maximum absolute atomic E-state index is 10.6. The molecule has 23 heavy (non-hydrogen) atoms. The van der Waals surface area contributed by atoms with E-state index in [1.807, 2.05) is 6.92 Å². The van der Waals surface area contributed by atoms with E-state index in [2.05, 4.69) is 34.6 Å². The Kier molecular flexibility index (Phi) is 5.20. The van der Waals surface area contributed by atoms with Crippen LogP contribution in [0.15, 0.2) is 24.3 Å². The lowest BCUT2D eigenvalue weighted by molar-refractivity contribution is -0.192. The fourth-order valence-corrected chi connectivity index (χ4v) is 2.40. The van der Waals surface area contributed by atoms with Crippen LogP contribution in [0.1, 0.15) is 16.8 Å². The molecule has 0 aliphatic carbocycles. The number of fused-ring (bicyclic) bond motifs is 2. The van der Waals surface area contributed by atoms with Crippen molar-refractivity contribution in [2.24, 2.45) is 0 Å². The van der Waals surface area contributed by atoms with Gasteiger partial charge in [0.05, 0.1) is 5.52 Å². The molecule has 124 valence electrons. The van der Waals surface area contributed by atoms with Gasteiger partial charge in [-0.2, -0.15) is 13.2 Å². The molecule has 0 saturated heterocycles. The van der Waals surface area contributed by atoms with Crippen LogP contribution in [0.4, 0.5) is 13.2 Å². The molecule has 2 N–H and O–H groups in total. The molecule has 1 aromatic carbocycles. The first-order chi connectivity index (χ1) is 10.8. The van der Waals surface area contributed by atoms with Crippen molar-refractivity contribution < 1.29 is 23.1 Å². The molecule has 1 aliphatic rings. The number of aromatic nitrogens is 1. The zero-order chi connectivity index (χ0) is 17.0. The maximum Gasteiger partial charge on any atom is 0.490 e. The molecule has 0 amide bonds. The number of halogens is 3. The molecule has 0 saturated carbocycles. The number of nitrogens with one attached hydrogen (secondary N) is 1. The normalized spacial score (nSPS) is 14.4. The molecule has 2 aromatic rings. The van der Waals surface area contributed by atoms with Crippen molar-refractivity contribution in [3.8, 4) is 0 Å². The second-order valence-corrected chi connectivity index (χ2v) is 5.32. The summed E-state index contributed by atoms with van der Waals surface area (Å²) in [6.07, 6.45) is -2.82. The van der Waals surface area contributed by atoms with Crippen LogP contribution in [-0.2, 0) is 17.6 Å². The van der Waals surface area contributed by atoms with Crippen molar-refractivity contribution in [3.05, 3.63) is 41.1 Å². The molecule has 0 atom stereocenters. The number of nitrogens with zero attached hydrogens (tertiary/aromatic N) is 1. The third-order valence-corrected chi connectivity index (χ3v) is 3.53. The Morgan fingerprint density at radius 3 is 2.30 bits per heavy atom. The number of rotatable bonds is 0. The van der Waals surface area contributed by atoms with E-state index < -0.39 is 12.1 Å². The van der Waals surface area contributed by atoms with Gasteiger partial charge >= 0.3 is 12.1 Å². The number of hydrogen-bond acceptors (Lipinski definition) is 3. The number of aryl methyl sites for hydroxylation is 1. The first-order valence-electron chi connectivity index (χ1n) is 7.17. The molecule has 0 radical (unpaired) electrons. The van der Waals surface area contributed by atoms with Crippen molar-refractivity contribution in [1.29, 1.82) is 0 Å². The standard InChI is InChI=1S/C14H16N2.C2HF3O2/c1-10-2-3-13-8-11-4-6-15-7-5-12(11)9-14(13)16-10;3-2(4,5)1(6)7/h2-3,8-9,15H,4-7H2,1H3;(H,6,7). The van der Waals surface area contributed by atoms with Gasteiger partial charge in [-0.05, 0) is 62.2 Å². The van der Waals surface area contributed by atoms with Crippen molar-refractivity contribution in [2.75, 3.05) is 13.1 Å². The summed E-state index contributed by atoms with van der Waals surface area (Å²) in [5.74, 6) is -2.76. The second-order valence-electron chi connectivity index (χ2n) is 5.32. The minimum atomic E-state index is -5.08. The molecule has 0 spiro atoms. The molecule has 2 heterocycles. The summed E-state index contributed by atoms with van der Waals surface area (Å²) in [6.45, 7) is 4.23. The topological polar surface area (TPSA) is 62.2 Å². The highest BCUT2D eigenvalue weighted by Gasteiger charge is 2.38. The molecule has 0 bridgehead atoms. The Labute approximate surface area is 131 Å². The molecular formula is C16H17F3N2O2. The van der Waals surface area contributed by atoms with Gasteiger partial charge in [-0.3, -0.25) is 4.98 Å². The number of carboxylic acid groups (broad SMARTS) is 1. The molecule has 4 nitrogen and oxygen atoms in total. The van der Waals surface area contributed by atoms with Crippen LogP contribution < -0.4 is 5.32 Å². The van der Waals surface area contributed by atoms with E-state index in [-0.39, 0.29) is 0 Å². The van der Waals surface area contributed by atoms with Crippen molar-refractivity contribution in [3.63, 3.8) is 0 Å². The van der Waals surface area contributed by atoms with E-state index in [4.69, 9.17) is 9.90 Å². The highest BCUT2D eigenvalue weighted by molar-refractivity contribution is 5.80. The van der Waals surface area contributed by atoms with Gasteiger partial charge in [0.2, 0.25) is 0 Å². The fourth-order valence-electron chi connectivity index (χ4n) is 2.40. The summed E-state index contributed by atoms with van der Waals surface area (Å²) in [6, 6.07) is 8.84. The summed E-state index contributed by atoms with van der Waals surface area (Å²) in [5.41, 5.74) is 5.19. The Morgan fingerprint density at radius 1 is 1.17 bits per heavy atom. The van der Waals surface area contributed by atoms with Crippen LogP contribution in [0.25, 0.3) is 10.9 Å². The monoisotopic (exact) mass is 326 g/mol. The zero-order valence-corrected chi connectivity index (χ0v) is 12.6. The molecule has 0 unspecified atom stereocenters. The number of carboxylic acids is 1. The lowest BCUT2D eigenvalue weighted by Gasteiger charge is -2.07. The van der Waals surface area contributed by atoms with Gasteiger partial charge in [-0.15, -0.1) is 0 Å². The van der Waals surface area contributed by atoms with Gasteiger partial charge in [0.1, 0.15) is 0 Å². The van der Waals surface area contributed by atoms with Crippen LogP contribution in [0.3, 0.4) is 0 Å². The van der Waals surface area contributed by atoms with Gasteiger partial charge in [0.15, 0.2) is 0 Å². The van der Waals surface area contributed by atoms with E-state index >= 15 is 0 Å². The van der Waals surface area contributed by atoms with Crippen LogP contribution in [0, 0.1) is 6.92 Å². The highest BCUT2D eigenvalue weighted by Crippen LogP contribution is 2.21. The Balaban J connectivity index is 0.000000236. The fraction of sp³-hybridized carbons (Fsp3) is 0.375. The summed E-state index contributed by atoms with van der Waals surface area (Å²) >= 11 is 0. The lowest BCUT2D eigenvalue weighted by atomic mass is 10.00. The molecule has 3 rings (SSSR count). The lowest BCUT2D eigenvalue weighted by Crippen LogP contribution is -2.21. The van der Waals surface area contributed by atoms with Gasteiger partial charge in [-0.1, -0.05) is 6.07 Å². The van der Waals surface area contributed by atoms with Gasteiger partial charge in [0.25, 0.3) is 0 Å². The largest absolute Gasteiger partial charge is 0.490 e. The van der Waals surface area contributed by atoms with Crippen LogP contribution in [0.5, 0.6) is 0 Å². The molecule has 1 aromatic heterocycles. The highest BCUT2D eigenvalue weighted by atomic mass is 19.4. The van der Waals surface area contributed by atoms with Crippen LogP contribution in [-0.4, -0.2) is 35.3 Å². The van der Waals surface area contributed by atoms with Gasteiger partial charge in [-0.25, -0.2) is 4.79 Å². The summed E-state index contributed by atoms with van der Waals surface area (Å²) in [7, 11) is 0. The minimum absolute atomic E-state index is 1.09. The van der Waals surface area contributed by atoms with E-state index in [0.717, 1.165) is 37.1 Å². The Morgan fingerprint density at radius 2 is 1.74 bits per heavy atom. The number of alkyl halides is 3. The Bertz CT molecular complexity index is 714. The predicted octanol–water partition coefficient (Wildman–Crippen LogP) is 2.86. The number of hydrogen-bond donors (Lipinski definition) is 2. The smallest absolute Gasteiger partial charge is 0.475 e. The van der Waals surface area contributed by atoms with Crippen molar-refractivity contribution in [1.82, 2.24) is 10.3 Å². The zero-order valence-electron chi connectivity index (χ0n) is 12.6. The van der Waals surface area contributed by atoms with E-state index in [1.54, 1.807) is 0 Å². The number of aliphatic carboxylic acids is 1. The maximum atomic E-state index is 10.6. The second kappa shape index (κ2) is 6.95. The summed E-state index contributed by atoms with van der Waals surface area (Å²) < 4.78 is 31.7. The van der Waals surface area contributed by atoms with Crippen LogP contribution in [0.2, 0.25) is 0 Å². The van der Waals surface area contributed by atoms with E-state index in [9.17, 15) is 13.2 Å². The van der Waals surface area contributed by atoms with Crippen LogP contribution >= 0.6 is 0 Å². The average Bonchev–Trinajstić information content (AvgIpc) is 2.69. The third kappa shape index (κ3) is 4.66. The third-order valence-electron chi connectivity index (χ3n) is 3.53. The van der Waals surface area contributed by atoms with E-state index in [1.165, 1.54) is 16.5 Å². The first-order valence-corrected chi connectivity index (χ1v) is 7.17. The average molecular weight is 326 g/mol. The molecule has 7 heteroatoms. The molecule has 1 aliphatic heterocycles. The number of carbonyl (C=O) groups is 1. The number of pyridine rings is 1. The SMILES string of the molecule is Cc1ccc2cc3c(cc2n1)CCNCC3.O=C(O)C(F)(F)F. The van der Waals surface area contributed by atoms with Crippen molar-refractivity contribution in [2.45, 2.75) is 25.9 Å². The number of benzene rings is 1. The van der Waals surface area contributed by atoms with Gasteiger partial charge < -0.3 is 10.4 Å². The molecular weight excluding hydrogens is 309 g/mol. The first kappa shape index (κ1) is 17.2. The minimum Gasteiger partial charge on any atom is -0.475 e. The van der Waals surface area contributed by atoms with E-state index in [0.29, 0.717) is 0 Å². The van der Waals surface area contributed by atoms with Gasteiger partial charge in [0, 0.05) is 11.1 Å². The molecule has 0 fully saturated rings. The quantitative estimate of drug-likeness (QED) is 0.781. The Hall–Kier alpha value is -2.15. The summed E-state index contributed by atoms with van der Waals surface area (Å²) in [4.78, 5) is 13.5. The summed E-state index contributed by atoms with van der Waals surface area (Å²) in [5, 5.41) is 11.8. The van der Waals surface area contributed by atoms with Crippen molar-refractivity contribution >= 4 is 16.9 Å². The predicted molar refractivity (Wildman–Crippen MR) is 80.4 cm³/mol.